The molecule has 33 heavy (non-hydrogen) atoms. The molecule has 2 aromatic carbocycles. The van der Waals surface area contributed by atoms with Gasteiger partial charge in [-0.1, -0.05) is 30.3 Å². The molecule has 0 unspecified atom stereocenters. The van der Waals surface area contributed by atoms with Gasteiger partial charge < -0.3 is 14.8 Å². The average molecular weight is 450 g/mol. The fourth-order valence-electron chi connectivity index (χ4n) is 3.88. The Labute approximate surface area is 188 Å². The molecule has 0 atom stereocenters. The molecule has 7 nitrogen and oxygen atoms in total. The molecular weight excluding hydrogens is 430 g/mol. The van der Waals surface area contributed by atoms with Gasteiger partial charge in [-0.15, -0.1) is 0 Å². The maximum atomic E-state index is 13.9. The van der Waals surface area contributed by atoms with Crippen LogP contribution < -0.4 is 14.8 Å². The second-order valence-corrected chi connectivity index (χ2v) is 7.61. The third-order valence-corrected chi connectivity index (χ3v) is 5.33. The van der Waals surface area contributed by atoms with Gasteiger partial charge in [-0.2, -0.15) is 5.10 Å². The highest BCUT2D eigenvalue weighted by Gasteiger charge is 2.22. The molecule has 2 aromatic heterocycles. The van der Waals surface area contributed by atoms with Crippen LogP contribution in [0, 0.1) is 6.92 Å². The van der Waals surface area contributed by atoms with Crippen LogP contribution in [0.5, 0.6) is 11.5 Å². The zero-order valence-electron chi connectivity index (χ0n) is 17.7. The quantitative estimate of drug-likeness (QED) is 0.475. The lowest BCUT2D eigenvalue weighted by Crippen LogP contribution is -2.20. The summed E-state index contributed by atoms with van der Waals surface area (Å²) in [4.78, 5) is 17.3. The zero-order chi connectivity index (χ0) is 22.9. The molecule has 9 heteroatoms. The van der Waals surface area contributed by atoms with Crippen molar-refractivity contribution in [1.29, 1.82) is 0 Å². The molecule has 3 heterocycles. The predicted octanol–water partition coefficient (Wildman–Crippen LogP) is 4.75. The van der Waals surface area contributed by atoms with Gasteiger partial charge in [-0.3, -0.25) is 4.79 Å². The molecule has 4 aromatic rings. The Balaban J connectivity index is 1.47. The molecule has 0 radical (unpaired) electrons. The Morgan fingerprint density at radius 1 is 1.09 bits per heavy atom. The van der Waals surface area contributed by atoms with Crippen LogP contribution in [0.2, 0.25) is 0 Å². The molecule has 0 bridgehead atoms. The number of carbonyl (C=O) groups is 1. The number of alkyl halides is 2. The normalized spacial score (nSPS) is 12.8. The number of ether oxygens (including phenoxy) is 2. The second-order valence-electron chi connectivity index (χ2n) is 7.61. The van der Waals surface area contributed by atoms with E-state index in [-0.39, 0.29) is 29.0 Å². The Kier molecular flexibility index (Phi) is 5.37. The van der Waals surface area contributed by atoms with Crippen LogP contribution in [0.25, 0.3) is 22.3 Å². The number of carbonyl (C=O) groups excluding carboxylic acids is 1. The smallest absolute Gasteiger partial charge is 0.264 e. The van der Waals surface area contributed by atoms with Gasteiger partial charge in [-0.25, -0.2) is 18.4 Å². The molecule has 1 aliphatic heterocycles. The zero-order valence-corrected chi connectivity index (χ0v) is 17.7. The van der Waals surface area contributed by atoms with Crippen LogP contribution in [-0.2, 0) is 11.3 Å². The van der Waals surface area contributed by atoms with Gasteiger partial charge in [-0.05, 0) is 25.1 Å². The van der Waals surface area contributed by atoms with Gasteiger partial charge in [0, 0.05) is 22.9 Å². The van der Waals surface area contributed by atoms with Crippen LogP contribution in [0.4, 0.5) is 14.5 Å². The van der Waals surface area contributed by atoms with E-state index in [2.05, 4.69) is 15.4 Å². The van der Waals surface area contributed by atoms with Crippen molar-refractivity contribution in [3.8, 4) is 22.8 Å². The molecule has 0 fully saturated rings. The molecule has 1 N–H and O–H groups in total. The van der Waals surface area contributed by atoms with E-state index in [1.54, 1.807) is 37.3 Å². The maximum absolute atomic E-state index is 13.9. The number of benzene rings is 2. The van der Waals surface area contributed by atoms with E-state index in [9.17, 15) is 13.6 Å². The number of amides is 1. The third kappa shape index (κ3) is 4.09. The highest BCUT2D eigenvalue weighted by molar-refractivity contribution is 5.92. The van der Waals surface area contributed by atoms with Gasteiger partial charge in [0.2, 0.25) is 5.91 Å². The Morgan fingerprint density at radius 2 is 1.85 bits per heavy atom. The maximum Gasteiger partial charge on any atom is 0.264 e. The monoisotopic (exact) mass is 450 g/mol. The van der Waals surface area contributed by atoms with Crippen molar-refractivity contribution in [2.75, 3.05) is 18.5 Å². The Morgan fingerprint density at radius 3 is 2.61 bits per heavy atom. The molecule has 1 aliphatic rings. The lowest BCUT2D eigenvalue weighted by atomic mass is 10.1. The average Bonchev–Trinajstić information content (AvgIpc) is 3.13. The minimum Gasteiger partial charge on any atom is -0.486 e. The van der Waals surface area contributed by atoms with E-state index < -0.39 is 6.43 Å². The van der Waals surface area contributed by atoms with E-state index in [1.807, 2.05) is 18.2 Å². The number of aromatic nitrogens is 3. The van der Waals surface area contributed by atoms with E-state index in [4.69, 9.17) is 9.47 Å². The van der Waals surface area contributed by atoms with Gasteiger partial charge in [0.25, 0.3) is 6.43 Å². The van der Waals surface area contributed by atoms with Crippen LogP contribution in [0.15, 0.2) is 54.6 Å². The molecular formula is C24H20F2N4O3. The van der Waals surface area contributed by atoms with Gasteiger partial charge in [0.1, 0.15) is 19.8 Å². The lowest BCUT2D eigenvalue weighted by molar-refractivity contribution is -0.116. The number of rotatable bonds is 5. The van der Waals surface area contributed by atoms with Crippen LogP contribution >= 0.6 is 0 Å². The van der Waals surface area contributed by atoms with Gasteiger partial charge in [0.15, 0.2) is 17.1 Å². The summed E-state index contributed by atoms with van der Waals surface area (Å²) in [7, 11) is 0. The van der Waals surface area contributed by atoms with E-state index in [0.717, 1.165) is 0 Å². The minimum atomic E-state index is -2.71. The first kappa shape index (κ1) is 20.9. The van der Waals surface area contributed by atoms with Crippen LogP contribution in [0.3, 0.4) is 0 Å². The SMILES string of the molecule is Cc1nn(CC(=O)Nc2ccc3c(c2)OCCO3)c2nc(-c3ccccc3)cc(C(F)F)c12. The summed E-state index contributed by atoms with van der Waals surface area (Å²) >= 11 is 0. The summed E-state index contributed by atoms with van der Waals surface area (Å²) in [5.74, 6) is 0.793. The number of hydrogen-bond donors (Lipinski definition) is 1. The second kappa shape index (κ2) is 8.50. The predicted molar refractivity (Wildman–Crippen MR) is 119 cm³/mol. The Bertz CT molecular complexity index is 1340. The summed E-state index contributed by atoms with van der Waals surface area (Å²) < 4.78 is 40.2. The molecule has 0 saturated heterocycles. The van der Waals surface area contributed by atoms with E-state index >= 15 is 0 Å². The van der Waals surface area contributed by atoms with Crippen LogP contribution in [0.1, 0.15) is 17.7 Å². The lowest BCUT2D eigenvalue weighted by Gasteiger charge is -2.19. The summed E-state index contributed by atoms with van der Waals surface area (Å²) in [6.45, 7) is 2.36. The third-order valence-electron chi connectivity index (χ3n) is 5.33. The van der Waals surface area contributed by atoms with Crippen molar-refractivity contribution in [2.24, 2.45) is 0 Å². The molecule has 0 spiro atoms. The fraction of sp³-hybridized carbons (Fsp3) is 0.208. The number of anilines is 1. The van der Waals surface area contributed by atoms with Crippen molar-refractivity contribution in [3.63, 3.8) is 0 Å². The highest BCUT2D eigenvalue weighted by Crippen LogP contribution is 2.34. The van der Waals surface area contributed by atoms with Gasteiger partial charge >= 0.3 is 0 Å². The molecule has 168 valence electrons. The number of aryl methyl sites for hydroxylation is 1. The standard InChI is InChI=1S/C24H20F2N4O3/c1-14-22-17(23(25)26)12-18(15-5-3-2-4-6-15)28-24(22)30(29-14)13-21(31)27-16-7-8-19-20(11-16)33-10-9-32-19/h2-8,11-12,23H,9-10,13H2,1H3,(H,27,31). The minimum absolute atomic E-state index is 0.158. The first-order valence-corrected chi connectivity index (χ1v) is 10.4. The van der Waals surface area contributed by atoms with E-state index in [0.29, 0.717) is 47.4 Å². The molecule has 1 amide bonds. The number of fused-ring (bicyclic) bond motifs is 2. The number of hydrogen-bond acceptors (Lipinski definition) is 5. The highest BCUT2D eigenvalue weighted by atomic mass is 19.3. The van der Waals surface area contributed by atoms with Crippen molar-refractivity contribution in [3.05, 3.63) is 65.9 Å². The summed E-state index contributed by atoms with van der Waals surface area (Å²) in [5.41, 5.74) is 2.10. The molecule has 5 rings (SSSR count). The van der Waals surface area contributed by atoms with Gasteiger partial charge in [0.05, 0.1) is 16.8 Å². The fourth-order valence-corrected chi connectivity index (χ4v) is 3.88. The van der Waals surface area contributed by atoms with Crippen molar-refractivity contribution >= 4 is 22.6 Å². The number of pyridine rings is 1. The number of nitrogens with one attached hydrogen (secondary N) is 1. The molecule has 0 saturated carbocycles. The van der Waals surface area contributed by atoms with Crippen molar-refractivity contribution in [2.45, 2.75) is 19.9 Å². The van der Waals surface area contributed by atoms with Crippen molar-refractivity contribution in [1.82, 2.24) is 14.8 Å². The largest absolute Gasteiger partial charge is 0.486 e. The topological polar surface area (TPSA) is 78.3 Å². The first-order valence-electron chi connectivity index (χ1n) is 10.4. The number of halogens is 2. The van der Waals surface area contributed by atoms with Crippen molar-refractivity contribution < 1.29 is 23.0 Å². The summed E-state index contributed by atoms with van der Waals surface area (Å²) in [6, 6.07) is 15.6. The van der Waals surface area contributed by atoms with Crippen LogP contribution in [-0.4, -0.2) is 33.9 Å². The number of nitrogens with zero attached hydrogens (tertiary/aromatic N) is 3. The summed E-state index contributed by atoms with van der Waals surface area (Å²) in [5, 5.41) is 7.38. The molecule has 0 aliphatic carbocycles. The first-order chi connectivity index (χ1) is 16.0. The summed E-state index contributed by atoms with van der Waals surface area (Å²) in [6.07, 6.45) is -2.71. The Hall–Kier alpha value is -4.01. The van der Waals surface area contributed by atoms with E-state index in [1.165, 1.54) is 10.7 Å².